The largest absolute Gasteiger partial charge is 0.488 e. The van der Waals surface area contributed by atoms with Crippen LogP contribution in [0.25, 0.3) is 11.3 Å². The smallest absolute Gasteiger partial charge is 0.310 e. The number of fused-ring (bicyclic) bond motifs is 2. The van der Waals surface area contributed by atoms with Crippen LogP contribution in [0.1, 0.15) is 52.6 Å². The summed E-state index contributed by atoms with van der Waals surface area (Å²) in [6.07, 6.45) is 3.71. The van der Waals surface area contributed by atoms with E-state index in [0.29, 0.717) is 19.1 Å². The Balaban J connectivity index is 1.08. The van der Waals surface area contributed by atoms with Crippen LogP contribution in [0.2, 0.25) is 0 Å². The second kappa shape index (κ2) is 10.4. The van der Waals surface area contributed by atoms with Gasteiger partial charge in [0.2, 0.25) is 0 Å². The van der Waals surface area contributed by atoms with Crippen LogP contribution in [0, 0.1) is 32.1 Å². The van der Waals surface area contributed by atoms with Crippen molar-refractivity contribution in [3.05, 3.63) is 63.0 Å². The Kier molecular flexibility index (Phi) is 6.83. The summed E-state index contributed by atoms with van der Waals surface area (Å²) in [6.45, 7) is 12.5. The summed E-state index contributed by atoms with van der Waals surface area (Å²) in [7, 11) is 0. The quantitative estimate of drug-likeness (QED) is 0.385. The van der Waals surface area contributed by atoms with Gasteiger partial charge in [-0.2, -0.15) is 0 Å². The zero-order valence-electron chi connectivity index (χ0n) is 24.2. The van der Waals surface area contributed by atoms with Crippen LogP contribution in [-0.4, -0.2) is 59.8 Å². The van der Waals surface area contributed by atoms with E-state index >= 15 is 0 Å². The number of carboxylic acids is 1. The van der Waals surface area contributed by atoms with Crippen molar-refractivity contribution < 1.29 is 19.4 Å². The van der Waals surface area contributed by atoms with E-state index in [1.165, 1.54) is 27.8 Å². The number of hydrogen-bond donors (Lipinski definition) is 1. The number of carbonyl (C=O) groups is 1. The van der Waals surface area contributed by atoms with Crippen molar-refractivity contribution in [1.82, 2.24) is 9.88 Å². The summed E-state index contributed by atoms with van der Waals surface area (Å²) in [4.78, 5) is 21.6. The molecule has 4 aliphatic rings. The van der Waals surface area contributed by atoms with Crippen molar-refractivity contribution in [2.45, 2.75) is 65.6 Å². The van der Waals surface area contributed by atoms with Crippen LogP contribution in [0.4, 0.5) is 5.13 Å². The minimum Gasteiger partial charge on any atom is -0.488 e. The molecule has 1 aliphatic carbocycles. The first-order valence-corrected chi connectivity index (χ1v) is 15.8. The second-order valence-corrected chi connectivity index (χ2v) is 13.3. The molecule has 3 atom stereocenters. The molecule has 1 aromatic heterocycles. The van der Waals surface area contributed by atoms with Gasteiger partial charge in [-0.15, -0.1) is 11.3 Å². The van der Waals surface area contributed by atoms with E-state index in [1.54, 1.807) is 11.3 Å². The third-order valence-corrected chi connectivity index (χ3v) is 11.0. The van der Waals surface area contributed by atoms with E-state index in [1.807, 2.05) is 0 Å². The summed E-state index contributed by atoms with van der Waals surface area (Å²) < 4.78 is 12.3. The molecular formula is C33H39N3O4S. The number of para-hydroxylation sites is 1. The van der Waals surface area contributed by atoms with Gasteiger partial charge in [-0.25, -0.2) is 4.98 Å². The van der Waals surface area contributed by atoms with E-state index in [-0.39, 0.29) is 5.92 Å². The molecule has 0 bridgehead atoms. The summed E-state index contributed by atoms with van der Waals surface area (Å²) >= 11 is 1.64. The standard InChI is InChI=1S/C33H39N3O4S/c1-20-5-4-6-27(29-19-41-32(34-29)36-11-9-33(31(37)38)14-24(33)15-36)30(20)40-17-23-13-21(2)28-16-35(25-8-12-39-18-25)10-7-26(28)22(23)3/h4-6,13,19,24-25H,7-12,14-18H2,1-3H3,(H,37,38)/t24-,25?,33+/m0/s1. The number of aromatic nitrogens is 1. The number of carboxylic acid groups (broad SMARTS) is 1. The van der Waals surface area contributed by atoms with Gasteiger partial charge in [0.05, 0.1) is 17.7 Å². The number of ether oxygens (including phenoxy) is 2. The summed E-state index contributed by atoms with van der Waals surface area (Å²) in [5.74, 6) is 0.494. The van der Waals surface area contributed by atoms with Crippen molar-refractivity contribution in [3.8, 4) is 17.0 Å². The highest BCUT2D eigenvalue weighted by Gasteiger charge is 2.62. The highest BCUT2D eigenvalue weighted by molar-refractivity contribution is 7.14. The van der Waals surface area contributed by atoms with Crippen LogP contribution < -0.4 is 9.64 Å². The molecule has 216 valence electrons. The Morgan fingerprint density at radius 1 is 1.22 bits per heavy atom. The Bertz CT molecular complexity index is 1500. The highest BCUT2D eigenvalue weighted by Crippen LogP contribution is 2.58. The molecule has 7 rings (SSSR count). The Morgan fingerprint density at radius 2 is 2.10 bits per heavy atom. The fourth-order valence-corrected chi connectivity index (χ4v) is 8.23. The maximum Gasteiger partial charge on any atom is 0.310 e. The number of nitrogens with zero attached hydrogens (tertiary/aromatic N) is 3. The lowest BCUT2D eigenvalue weighted by molar-refractivity contribution is -0.144. The van der Waals surface area contributed by atoms with Gasteiger partial charge in [0.15, 0.2) is 5.13 Å². The molecule has 0 spiro atoms. The predicted octanol–water partition coefficient (Wildman–Crippen LogP) is 5.76. The maximum absolute atomic E-state index is 11.7. The van der Waals surface area contributed by atoms with Crippen LogP contribution in [0.5, 0.6) is 5.75 Å². The Labute approximate surface area is 246 Å². The van der Waals surface area contributed by atoms with Crippen molar-refractivity contribution in [2.24, 2.45) is 11.3 Å². The SMILES string of the molecule is Cc1cc(COc2c(C)cccc2-c2csc(N3CC[C@@]4(C(=O)O)C[C@H]4C3)n2)c(C)c2c1CN(C1CCOC1)CC2. The summed E-state index contributed by atoms with van der Waals surface area (Å²) in [5, 5.41) is 12.7. The first-order chi connectivity index (χ1) is 19.8. The average molecular weight is 574 g/mol. The molecule has 1 N–H and O–H groups in total. The molecule has 3 aromatic rings. The number of piperidine rings is 1. The first kappa shape index (κ1) is 26.9. The number of rotatable bonds is 7. The Hall–Kier alpha value is -2.94. The maximum atomic E-state index is 11.7. The van der Waals surface area contributed by atoms with E-state index in [4.69, 9.17) is 14.5 Å². The molecule has 1 saturated carbocycles. The number of aryl methyl sites for hydroxylation is 2. The van der Waals surface area contributed by atoms with E-state index in [2.05, 4.69) is 60.2 Å². The van der Waals surface area contributed by atoms with Gasteiger partial charge in [0.1, 0.15) is 12.4 Å². The van der Waals surface area contributed by atoms with Gasteiger partial charge < -0.3 is 19.5 Å². The van der Waals surface area contributed by atoms with Crippen molar-refractivity contribution in [3.63, 3.8) is 0 Å². The molecule has 0 amide bonds. The van der Waals surface area contributed by atoms with Gasteiger partial charge in [-0.1, -0.05) is 18.2 Å². The molecule has 2 saturated heterocycles. The highest BCUT2D eigenvalue weighted by atomic mass is 32.1. The van der Waals surface area contributed by atoms with Crippen LogP contribution in [0.3, 0.4) is 0 Å². The molecule has 7 nitrogen and oxygen atoms in total. The fourth-order valence-electron chi connectivity index (χ4n) is 7.37. The third-order valence-electron chi connectivity index (χ3n) is 10.1. The van der Waals surface area contributed by atoms with Crippen LogP contribution >= 0.6 is 11.3 Å². The normalized spacial score (nSPS) is 25.6. The van der Waals surface area contributed by atoms with Crippen LogP contribution in [0.15, 0.2) is 29.6 Å². The second-order valence-electron chi connectivity index (χ2n) is 12.5. The number of anilines is 1. The van der Waals surface area contributed by atoms with Crippen molar-refractivity contribution in [1.29, 1.82) is 0 Å². The number of thiazole rings is 1. The third kappa shape index (κ3) is 4.74. The lowest BCUT2D eigenvalue weighted by Crippen LogP contribution is -2.40. The predicted molar refractivity (Wildman–Crippen MR) is 161 cm³/mol. The molecule has 1 unspecified atom stereocenters. The first-order valence-electron chi connectivity index (χ1n) is 14.9. The lowest BCUT2D eigenvalue weighted by atomic mass is 9.88. The van der Waals surface area contributed by atoms with E-state index in [0.717, 1.165) is 86.4 Å². The summed E-state index contributed by atoms with van der Waals surface area (Å²) in [5.41, 5.74) is 9.51. The van der Waals surface area contributed by atoms with Gasteiger partial charge >= 0.3 is 5.97 Å². The molecule has 3 aliphatic heterocycles. The fraction of sp³-hybridized carbons (Fsp3) is 0.515. The topological polar surface area (TPSA) is 75.1 Å². The monoisotopic (exact) mass is 573 g/mol. The molecule has 2 aromatic carbocycles. The van der Waals surface area contributed by atoms with E-state index in [9.17, 15) is 9.90 Å². The molecule has 8 heteroatoms. The molecule has 41 heavy (non-hydrogen) atoms. The van der Waals surface area contributed by atoms with Gasteiger partial charge in [-0.05, 0) is 91.8 Å². The molecule has 4 heterocycles. The zero-order chi connectivity index (χ0) is 28.3. The Morgan fingerprint density at radius 3 is 2.88 bits per heavy atom. The molecule has 0 radical (unpaired) electrons. The number of aliphatic carboxylic acids is 1. The van der Waals surface area contributed by atoms with Gasteiger partial charge in [0, 0.05) is 49.8 Å². The molecule has 3 fully saturated rings. The number of benzene rings is 2. The lowest BCUT2D eigenvalue weighted by Gasteiger charge is -2.35. The summed E-state index contributed by atoms with van der Waals surface area (Å²) in [6, 6.07) is 9.14. The van der Waals surface area contributed by atoms with Gasteiger partial charge in [0.25, 0.3) is 0 Å². The van der Waals surface area contributed by atoms with Gasteiger partial charge in [-0.3, -0.25) is 9.69 Å². The minimum atomic E-state index is -0.631. The number of hydrogen-bond acceptors (Lipinski definition) is 7. The van der Waals surface area contributed by atoms with Crippen molar-refractivity contribution in [2.75, 3.05) is 37.7 Å². The average Bonchev–Trinajstić information content (AvgIpc) is 3.29. The van der Waals surface area contributed by atoms with E-state index < -0.39 is 11.4 Å². The van der Waals surface area contributed by atoms with Crippen molar-refractivity contribution >= 4 is 22.4 Å². The minimum absolute atomic E-state index is 0.238. The zero-order valence-corrected chi connectivity index (χ0v) is 25.1. The molecular weight excluding hydrogens is 534 g/mol. The van der Waals surface area contributed by atoms with Crippen LogP contribution in [-0.2, 0) is 29.1 Å².